The Morgan fingerprint density at radius 3 is 2.63 bits per heavy atom. The van der Waals surface area contributed by atoms with Crippen molar-refractivity contribution < 1.29 is 4.79 Å². The van der Waals surface area contributed by atoms with E-state index in [1.165, 1.54) is 0 Å². The van der Waals surface area contributed by atoms with Crippen LogP contribution < -0.4 is 16.1 Å². The van der Waals surface area contributed by atoms with E-state index >= 15 is 0 Å². The van der Waals surface area contributed by atoms with Crippen molar-refractivity contribution in [2.24, 2.45) is 0 Å². The van der Waals surface area contributed by atoms with Crippen LogP contribution in [0.2, 0.25) is 0 Å². The summed E-state index contributed by atoms with van der Waals surface area (Å²) in [7, 11) is 3.93. The molecule has 0 atom stereocenters. The highest BCUT2D eigenvalue weighted by atomic mass is 16.2. The fourth-order valence-corrected chi connectivity index (χ4v) is 3.32. The van der Waals surface area contributed by atoms with Crippen molar-refractivity contribution in [2.45, 2.75) is 39.2 Å². The molecule has 8 heteroatoms. The first-order chi connectivity index (χ1) is 12.9. The van der Waals surface area contributed by atoms with Gasteiger partial charge >= 0.3 is 5.69 Å². The molecule has 0 aliphatic carbocycles. The largest absolute Gasteiger partial charge is 0.377 e. The van der Waals surface area contributed by atoms with Gasteiger partial charge in [-0.15, -0.1) is 0 Å². The molecule has 0 bridgehead atoms. The molecule has 27 heavy (non-hydrogen) atoms. The molecular formula is C19H23N5O3. The second-order valence-electron chi connectivity index (χ2n) is 6.84. The van der Waals surface area contributed by atoms with Gasteiger partial charge in [0.1, 0.15) is 6.29 Å². The molecule has 1 aromatic rings. The van der Waals surface area contributed by atoms with Gasteiger partial charge in [-0.3, -0.25) is 9.78 Å². The number of nitrogens with zero attached hydrogens (tertiary/aromatic N) is 4. The van der Waals surface area contributed by atoms with Gasteiger partial charge in [-0.2, -0.15) is 4.98 Å². The Morgan fingerprint density at radius 1 is 1.15 bits per heavy atom. The molecule has 0 saturated heterocycles. The maximum absolute atomic E-state index is 12.3. The Kier molecular flexibility index (Phi) is 5.34. The predicted octanol–water partition coefficient (Wildman–Crippen LogP) is 1.72. The molecule has 1 N–H and O–H groups in total. The predicted molar refractivity (Wildman–Crippen MR) is 105 cm³/mol. The third-order valence-corrected chi connectivity index (χ3v) is 4.61. The first-order valence-corrected chi connectivity index (χ1v) is 8.98. The highest BCUT2D eigenvalue weighted by Gasteiger charge is 2.19. The quantitative estimate of drug-likeness (QED) is 0.387. The molecule has 2 heterocycles. The van der Waals surface area contributed by atoms with E-state index in [4.69, 9.17) is 0 Å². The zero-order valence-corrected chi connectivity index (χ0v) is 15.8. The van der Waals surface area contributed by atoms with Gasteiger partial charge in [0, 0.05) is 32.7 Å². The van der Waals surface area contributed by atoms with Crippen LogP contribution in [0.25, 0.3) is 22.6 Å². The van der Waals surface area contributed by atoms with E-state index in [2.05, 4.69) is 15.0 Å². The SMILES string of the molecule is Cc1cc2nc3c(=O)[nH]c(=O)nc-3n(CCCCCC=O)c2cc1N(C)C. The normalized spacial score (nSPS) is 11.2. The molecule has 0 unspecified atom stereocenters. The van der Waals surface area contributed by atoms with Crippen molar-refractivity contribution >= 4 is 23.0 Å². The van der Waals surface area contributed by atoms with E-state index in [1.807, 2.05) is 42.6 Å². The average Bonchev–Trinajstić information content (AvgIpc) is 2.60. The molecule has 0 spiro atoms. The van der Waals surface area contributed by atoms with Crippen LogP contribution in [-0.2, 0) is 11.3 Å². The van der Waals surface area contributed by atoms with Gasteiger partial charge in [-0.25, -0.2) is 9.78 Å². The summed E-state index contributed by atoms with van der Waals surface area (Å²) < 4.78 is 1.89. The molecule has 2 aliphatic rings. The van der Waals surface area contributed by atoms with Crippen molar-refractivity contribution in [2.75, 3.05) is 19.0 Å². The summed E-state index contributed by atoms with van der Waals surface area (Å²) in [5.74, 6) is 0.292. The van der Waals surface area contributed by atoms with E-state index in [0.29, 0.717) is 24.3 Å². The fourth-order valence-electron chi connectivity index (χ4n) is 3.32. The number of hydrogen-bond acceptors (Lipinski definition) is 6. The maximum atomic E-state index is 12.3. The number of aromatic nitrogens is 4. The van der Waals surface area contributed by atoms with E-state index in [-0.39, 0.29) is 5.69 Å². The van der Waals surface area contributed by atoms with Gasteiger partial charge in [0.15, 0.2) is 11.5 Å². The second kappa shape index (κ2) is 7.69. The van der Waals surface area contributed by atoms with Crippen molar-refractivity contribution in [1.82, 2.24) is 19.5 Å². The highest BCUT2D eigenvalue weighted by Crippen LogP contribution is 2.28. The van der Waals surface area contributed by atoms with Crippen LogP contribution in [0.3, 0.4) is 0 Å². The van der Waals surface area contributed by atoms with Crippen molar-refractivity contribution in [3.05, 3.63) is 38.5 Å². The monoisotopic (exact) mass is 369 g/mol. The van der Waals surface area contributed by atoms with Crippen LogP contribution in [0.1, 0.15) is 31.2 Å². The zero-order chi connectivity index (χ0) is 19.6. The molecule has 3 rings (SSSR count). The van der Waals surface area contributed by atoms with Crippen LogP contribution in [0.4, 0.5) is 5.69 Å². The van der Waals surface area contributed by atoms with Gasteiger partial charge in [0.25, 0.3) is 5.56 Å². The Balaban J connectivity index is 2.21. The number of fused-ring (bicyclic) bond motifs is 2. The van der Waals surface area contributed by atoms with Crippen molar-refractivity contribution in [3.63, 3.8) is 0 Å². The first kappa shape index (κ1) is 18.8. The highest BCUT2D eigenvalue weighted by molar-refractivity contribution is 5.84. The molecule has 0 aromatic heterocycles. The summed E-state index contributed by atoms with van der Waals surface area (Å²) in [6.07, 6.45) is 3.95. The molecule has 8 nitrogen and oxygen atoms in total. The zero-order valence-electron chi connectivity index (χ0n) is 15.8. The van der Waals surface area contributed by atoms with Gasteiger partial charge in [-0.1, -0.05) is 6.42 Å². The molecule has 0 radical (unpaired) electrons. The lowest BCUT2D eigenvalue weighted by Gasteiger charge is -2.21. The smallest absolute Gasteiger partial charge is 0.349 e. The van der Waals surface area contributed by atoms with Crippen molar-refractivity contribution in [3.8, 4) is 11.5 Å². The summed E-state index contributed by atoms with van der Waals surface area (Å²) >= 11 is 0. The van der Waals surface area contributed by atoms with Crippen molar-refractivity contribution in [1.29, 1.82) is 0 Å². The minimum Gasteiger partial charge on any atom is -0.377 e. The van der Waals surface area contributed by atoms with Crippen LogP contribution in [0, 0.1) is 6.92 Å². The van der Waals surface area contributed by atoms with Crippen LogP contribution >= 0.6 is 0 Å². The number of benzene rings is 1. The molecule has 0 amide bonds. The van der Waals surface area contributed by atoms with E-state index in [9.17, 15) is 14.4 Å². The second-order valence-corrected chi connectivity index (χ2v) is 6.84. The fraction of sp³-hybridized carbons (Fsp3) is 0.421. The Morgan fingerprint density at radius 2 is 1.93 bits per heavy atom. The Hall–Kier alpha value is -3.03. The van der Waals surface area contributed by atoms with E-state index in [0.717, 1.165) is 42.3 Å². The number of aryl methyl sites for hydroxylation is 2. The lowest BCUT2D eigenvalue weighted by atomic mass is 10.1. The number of aromatic amines is 1. The molecular weight excluding hydrogens is 346 g/mol. The number of carbonyl (C=O) groups is 1. The van der Waals surface area contributed by atoms with E-state index < -0.39 is 11.2 Å². The Labute approximate surface area is 156 Å². The number of H-pyrrole nitrogens is 1. The summed E-state index contributed by atoms with van der Waals surface area (Å²) in [5, 5.41) is 0. The minimum atomic E-state index is -0.678. The third-order valence-electron chi connectivity index (χ3n) is 4.61. The van der Waals surface area contributed by atoms with Gasteiger partial charge in [0.2, 0.25) is 0 Å². The Bertz CT molecular complexity index is 1070. The topological polar surface area (TPSA) is 101 Å². The van der Waals surface area contributed by atoms with Gasteiger partial charge in [0.05, 0.1) is 11.0 Å². The number of carbonyl (C=O) groups excluding carboxylic acids is 1. The molecule has 0 saturated carbocycles. The third kappa shape index (κ3) is 3.74. The maximum Gasteiger partial charge on any atom is 0.349 e. The van der Waals surface area contributed by atoms with Crippen LogP contribution in [-0.4, -0.2) is 39.9 Å². The molecule has 0 fully saturated rings. The molecule has 142 valence electrons. The van der Waals surface area contributed by atoms with Crippen LogP contribution in [0.5, 0.6) is 0 Å². The summed E-state index contributed by atoms with van der Waals surface area (Å²) in [6.45, 7) is 2.58. The van der Waals surface area contributed by atoms with Gasteiger partial charge < -0.3 is 14.3 Å². The summed E-state index contributed by atoms with van der Waals surface area (Å²) in [4.78, 5) is 47.2. The van der Waals surface area contributed by atoms with E-state index in [1.54, 1.807) is 0 Å². The molecule has 2 aliphatic heterocycles. The molecule has 1 aromatic carbocycles. The number of nitrogens with one attached hydrogen (secondary N) is 1. The lowest BCUT2D eigenvalue weighted by molar-refractivity contribution is -0.107. The number of hydrogen-bond donors (Lipinski definition) is 1. The number of anilines is 1. The van der Waals surface area contributed by atoms with Crippen LogP contribution in [0.15, 0.2) is 21.7 Å². The average molecular weight is 369 g/mol. The number of rotatable bonds is 7. The summed E-state index contributed by atoms with van der Waals surface area (Å²) in [6, 6.07) is 3.95. The first-order valence-electron chi connectivity index (χ1n) is 8.98. The number of aldehydes is 1. The summed E-state index contributed by atoms with van der Waals surface area (Å²) in [5.41, 5.74) is 2.53. The number of unbranched alkanes of at least 4 members (excludes halogenated alkanes) is 3. The minimum absolute atomic E-state index is 0.159. The van der Waals surface area contributed by atoms with Gasteiger partial charge in [-0.05, 0) is 37.5 Å². The standard InChI is InChI=1S/C19H23N5O3/c1-12-10-13-15(11-14(12)23(2)3)24(8-6-4-5-7-9-25)17-16(20-13)18(26)22-19(27)21-17/h9-11H,4-8H2,1-3H3,(H,22,26,27). The lowest BCUT2D eigenvalue weighted by Crippen LogP contribution is -2.29.